The van der Waals surface area contributed by atoms with Gasteiger partial charge in [-0.25, -0.2) is 4.98 Å². The molecule has 6 heteroatoms. The van der Waals surface area contributed by atoms with Crippen LogP contribution in [0, 0.1) is 0 Å². The highest BCUT2D eigenvalue weighted by molar-refractivity contribution is 7.15. The zero-order chi connectivity index (χ0) is 15.2. The predicted octanol–water partition coefficient (Wildman–Crippen LogP) is 5.17. The van der Waals surface area contributed by atoms with Crippen LogP contribution in [0.25, 0.3) is 0 Å². The van der Waals surface area contributed by atoms with Crippen LogP contribution in [0.2, 0.25) is 10.0 Å². The maximum absolute atomic E-state index is 11.6. The molecule has 1 N–H and O–H groups in total. The van der Waals surface area contributed by atoms with E-state index in [1.54, 1.807) is 12.3 Å². The summed E-state index contributed by atoms with van der Waals surface area (Å²) in [5, 5.41) is 4.57. The fourth-order valence-corrected chi connectivity index (χ4v) is 3.00. The molecule has 0 bridgehead atoms. The molecule has 1 aromatic carbocycles. The van der Waals surface area contributed by atoms with Crippen molar-refractivity contribution in [2.75, 3.05) is 5.32 Å². The quantitative estimate of drug-likeness (QED) is 0.786. The number of aromatic nitrogens is 1. The highest BCUT2D eigenvalue weighted by Crippen LogP contribution is 2.26. The summed E-state index contributed by atoms with van der Waals surface area (Å²) in [7, 11) is 0. The van der Waals surface area contributed by atoms with Crippen LogP contribution in [-0.4, -0.2) is 10.9 Å². The molecule has 0 spiro atoms. The summed E-state index contributed by atoms with van der Waals surface area (Å²) in [6, 6.07) is 5.57. The van der Waals surface area contributed by atoms with Gasteiger partial charge in [0.05, 0.1) is 10.0 Å². The summed E-state index contributed by atoms with van der Waals surface area (Å²) in [5.41, 5.74) is 1.07. The van der Waals surface area contributed by atoms with Gasteiger partial charge >= 0.3 is 0 Å². The van der Waals surface area contributed by atoms with Crippen molar-refractivity contribution in [3.05, 3.63) is 44.9 Å². The third-order valence-corrected chi connectivity index (χ3v) is 4.57. The molecular formula is C15H16Cl2N2OS. The number of carbonyl (C=O) groups excluding carboxylic acids is 1. The summed E-state index contributed by atoms with van der Waals surface area (Å²) >= 11 is 13.4. The second kappa shape index (κ2) is 7.78. The van der Waals surface area contributed by atoms with Gasteiger partial charge in [-0.2, -0.15) is 0 Å². The van der Waals surface area contributed by atoms with Gasteiger partial charge in [-0.15, -0.1) is 11.3 Å². The molecule has 2 aromatic rings. The molecule has 1 heterocycles. The summed E-state index contributed by atoms with van der Waals surface area (Å²) < 4.78 is 0. The van der Waals surface area contributed by atoms with Gasteiger partial charge in [-0.1, -0.05) is 42.6 Å². The van der Waals surface area contributed by atoms with Gasteiger partial charge in [0.25, 0.3) is 0 Å². The average molecular weight is 343 g/mol. The molecule has 0 unspecified atom stereocenters. The van der Waals surface area contributed by atoms with E-state index in [1.165, 1.54) is 11.3 Å². The van der Waals surface area contributed by atoms with Gasteiger partial charge in [-0.05, 0) is 24.1 Å². The largest absolute Gasteiger partial charge is 0.302 e. The molecule has 0 aliphatic rings. The summed E-state index contributed by atoms with van der Waals surface area (Å²) in [4.78, 5) is 16.9. The second-order valence-electron chi connectivity index (χ2n) is 4.71. The zero-order valence-electron chi connectivity index (χ0n) is 11.7. The number of halogens is 2. The Bertz CT molecular complexity index is 628. The molecule has 3 nitrogen and oxygen atoms in total. The summed E-state index contributed by atoms with van der Waals surface area (Å²) in [5.74, 6) is 0.0206. The molecule has 112 valence electrons. The molecular weight excluding hydrogens is 327 g/mol. The fourth-order valence-electron chi connectivity index (χ4n) is 1.82. The Balaban J connectivity index is 1.96. The number of anilines is 1. The molecule has 0 aliphatic heterocycles. The van der Waals surface area contributed by atoms with Crippen LogP contribution in [0.5, 0.6) is 0 Å². The molecule has 1 aromatic heterocycles. The predicted molar refractivity (Wildman–Crippen MR) is 89.5 cm³/mol. The van der Waals surface area contributed by atoms with Crippen LogP contribution in [0.15, 0.2) is 24.4 Å². The van der Waals surface area contributed by atoms with Crippen molar-refractivity contribution in [1.29, 1.82) is 0 Å². The molecule has 0 radical (unpaired) electrons. The number of nitrogens with zero attached hydrogens (tertiary/aromatic N) is 1. The lowest BCUT2D eigenvalue weighted by atomic mass is 10.1. The Hall–Kier alpha value is -1.10. The SMILES string of the molecule is CCCCC(=O)Nc1ncc(Cc2ccc(Cl)c(Cl)c2)s1. The topological polar surface area (TPSA) is 42.0 Å². The number of nitrogens with one attached hydrogen (secondary N) is 1. The Kier molecular flexibility index (Phi) is 6.03. The van der Waals surface area contributed by atoms with Crippen molar-refractivity contribution >= 4 is 45.6 Å². The van der Waals surface area contributed by atoms with Gasteiger partial charge in [0, 0.05) is 23.9 Å². The zero-order valence-corrected chi connectivity index (χ0v) is 14.0. The first-order chi connectivity index (χ1) is 10.1. The Morgan fingerprint density at radius 2 is 2.14 bits per heavy atom. The van der Waals surface area contributed by atoms with Gasteiger partial charge in [0.15, 0.2) is 5.13 Å². The van der Waals surface area contributed by atoms with E-state index in [9.17, 15) is 4.79 Å². The number of unbranched alkanes of at least 4 members (excludes halogenated alkanes) is 1. The lowest BCUT2D eigenvalue weighted by molar-refractivity contribution is -0.116. The first-order valence-corrected chi connectivity index (χ1v) is 8.34. The van der Waals surface area contributed by atoms with Gasteiger partial charge in [0.2, 0.25) is 5.91 Å². The maximum Gasteiger partial charge on any atom is 0.226 e. The van der Waals surface area contributed by atoms with Crippen molar-refractivity contribution in [3.63, 3.8) is 0 Å². The Morgan fingerprint density at radius 1 is 1.33 bits per heavy atom. The minimum atomic E-state index is 0.0206. The van der Waals surface area contributed by atoms with Crippen LogP contribution < -0.4 is 5.32 Å². The van der Waals surface area contributed by atoms with Gasteiger partial charge < -0.3 is 5.32 Å². The number of hydrogen-bond acceptors (Lipinski definition) is 3. The molecule has 2 rings (SSSR count). The van der Waals surface area contributed by atoms with Gasteiger partial charge in [-0.3, -0.25) is 4.79 Å². The molecule has 21 heavy (non-hydrogen) atoms. The van der Waals surface area contributed by atoms with E-state index in [0.29, 0.717) is 21.6 Å². The smallest absolute Gasteiger partial charge is 0.226 e. The van der Waals surface area contributed by atoms with Crippen molar-refractivity contribution in [2.45, 2.75) is 32.6 Å². The lowest BCUT2D eigenvalue weighted by Gasteiger charge is -2.01. The Labute approximate surface area is 138 Å². The third kappa shape index (κ3) is 4.99. The maximum atomic E-state index is 11.6. The van der Waals surface area contributed by atoms with E-state index in [4.69, 9.17) is 23.2 Å². The van der Waals surface area contributed by atoms with E-state index in [2.05, 4.69) is 17.2 Å². The van der Waals surface area contributed by atoms with E-state index < -0.39 is 0 Å². The third-order valence-electron chi connectivity index (χ3n) is 2.92. The molecule has 0 saturated carbocycles. The van der Waals surface area contributed by atoms with E-state index in [-0.39, 0.29) is 5.91 Å². The summed E-state index contributed by atoms with van der Waals surface area (Å²) in [6.45, 7) is 2.06. The fraction of sp³-hybridized carbons (Fsp3) is 0.333. The van der Waals surface area contributed by atoms with Gasteiger partial charge in [0.1, 0.15) is 0 Å². The van der Waals surface area contributed by atoms with Crippen LogP contribution >= 0.6 is 34.5 Å². The molecule has 0 saturated heterocycles. The van der Waals surface area contributed by atoms with Crippen molar-refractivity contribution in [1.82, 2.24) is 4.98 Å². The normalized spacial score (nSPS) is 10.6. The molecule has 0 atom stereocenters. The number of hydrogen-bond donors (Lipinski definition) is 1. The number of thiazole rings is 1. The van der Waals surface area contributed by atoms with Crippen molar-refractivity contribution < 1.29 is 4.79 Å². The monoisotopic (exact) mass is 342 g/mol. The number of carbonyl (C=O) groups is 1. The minimum absolute atomic E-state index is 0.0206. The van der Waals surface area contributed by atoms with Crippen molar-refractivity contribution in [3.8, 4) is 0 Å². The molecule has 1 amide bonds. The summed E-state index contributed by atoms with van der Waals surface area (Å²) in [6.07, 6.45) is 4.95. The highest BCUT2D eigenvalue weighted by atomic mass is 35.5. The highest BCUT2D eigenvalue weighted by Gasteiger charge is 2.08. The lowest BCUT2D eigenvalue weighted by Crippen LogP contribution is -2.10. The van der Waals surface area contributed by atoms with E-state index in [0.717, 1.165) is 29.7 Å². The first kappa shape index (κ1) is 16.3. The molecule has 0 fully saturated rings. The first-order valence-electron chi connectivity index (χ1n) is 6.77. The van der Waals surface area contributed by atoms with Crippen LogP contribution in [-0.2, 0) is 11.2 Å². The average Bonchev–Trinajstić information content (AvgIpc) is 2.88. The van der Waals surface area contributed by atoms with E-state index in [1.807, 2.05) is 12.1 Å². The Morgan fingerprint density at radius 3 is 2.86 bits per heavy atom. The number of amides is 1. The van der Waals surface area contributed by atoms with Crippen LogP contribution in [0.3, 0.4) is 0 Å². The minimum Gasteiger partial charge on any atom is -0.302 e. The van der Waals surface area contributed by atoms with Crippen LogP contribution in [0.4, 0.5) is 5.13 Å². The number of benzene rings is 1. The number of rotatable bonds is 6. The second-order valence-corrected chi connectivity index (χ2v) is 6.64. The standard InChI is InChI=1S/C15H16Cl2N2OS/c1-2-3-4-14(20)19-15-18-9-11(21-15)7-10-5-6-12(16)13(17)8-10/h5-6,8-9H,2-4,7H2,1H3,(H,18,19,20). The molecule has 0 aliphatic carbocycles. The van der Waals surface area contributed by atoms with E-state index >= 15 is 0 Å². The van der Waals surface area contributed by atoms with Crippen molar-refractivity contribution in [2.24, 2.45) is 0 Å². The van der Waals surface area contributed by atoms with Crippen LogP contribution in [0.1, 0.15) is 36.6 Å².